The van der Waals surface area contributed by atoms with Gasteiger partial charge in [-0.3, -0.25) is 0 Å². The molecule has 0 bridgehead atoms. The molecule has 0 saturated heterocycles. The first-order valence-electron chi connectivity index (χ1n) is 7.24. The van der Waals surface area contributed by atoms with Crippen LogP contribution in [-0.2, 0) is 11.2 Å². The molecule has 118 valence electrons. The zero-order valence-electron chi connectivity index (χ0n) is 13.3. The van der Waals surface area contributed by atoms with Gasteiger partial charge >= 0.3 is 6.03 Å². The Kier molecular flexibility index (Phi) is 7.61. The number of urea groups is 1. The highest BCUT2D eigenvalue weighted by molar-refractivity contribution is 5.74. The highest BCUT2D eigenvalue weighted by atomic mass is 16.5. The van der Waals surface area contributed by atoms with Gasteiger partial charge in [-0.05, 0) is 44.4 Å². The van der Waals surface area contributed by atoms with E-state index in [0.717, 1.165) is 18.6 Å². The van der Waals surface area contributed by atoms with Gasteiger partial charge in [0.1, 0.15) is 5.75 Å². The molecule has 0 heterocycles. The first-order chi connectivity index (χ1) is 10.0. The number of aryl methyl sites for hydroxylation is 1. The minimum absolute atomic E-state index is 0.00351. The van der Waals surface area contributed by atoms with Crippen molar-refractivity contribution in [2.75, 3.05) is 20.8 Å². The zero-order chi connectivity index (χ0) is 15.7. The number of nitrogens with one attached hydrogen (secondary N) is 2. The quantitative estimate of drug-likeness (QED) is 0.774. The SMILES string of the molecule is COC[C@@H](C)NC(=O)N[C@H](C)CCc1ccc(OC)cc1. The van der Waals surface area contributed by atoms with Crippen LogP contribution in [0.4, 0.5) is 4.79 Å². The second-order valence-corrected chi connectivity index (χ2v) is 5.26. The van der Waals surface area contributed by atoms with Crippen molar-refractivity contribution in [1.82, 2.24) is 10.6 Å². The molecule has 0 aliphatic carbocycles. The molecule has 5 heteroatoms. The standard InChI is InChI=1S/C16H26N2O3/c1-12(17-16(19)18-13(2)11-20-3)5-6-14-7-9-15(21-4)10-8-14/h7-10,12-13H,5-6,11H2,1-4H3,(H2,17,18,19)/t12-,13-/m1/s1. The van der Waals surface area contributed by atoms with Crippen molar-refractivity contribution in [3.8, 4) is 5.75 Å². The summed E-state index contributed by atoms with van der Waals surface area (Å²) in [5, 5.41) is 5.77. The molecule has 2 atom stereocenters. The summed E-state index contributed by atoms with van der Waals surface area (Å²) in [4.78, 5) is 11.7. The topological polar surface area (TPSA) is 59.6 Å². The van der Waals surface area contributed by atoms with E-state index < -0.39 is 0 Å². The second kappa shape index (κ2) is 9.23. The van der Waals surface area contributed by atoms with E-state index in [4.69, 9.17) is 9.47 Å². The van der Waals surface area contributed by atoms with E-state index >= 15 is 0 Å². The molecule has 1 aromatic rings. The monoisotopic (exact) mass is 294 g/mol. The van der Waals surface area contributed by atoms with Crippen LogP contribution < -0.4 is 15.4 Å². The minimum atomic E-state index is -0.151. The number of methoxy groups -OCH3 is 2. The third kappa shape index (κ3) is 6.99. The molecular formula is C16H26N2O3. The lowest BCUT2D eigenvalue weighted by molar-refractivity contribution is 0.170. The van der Waals surface area contributed by atoms with Gasteiger partial charge in [0.15, 0.2) is 0 Å². The largest absolute Gasteiger partial charge is 0.497 e. The van der Waals surface area contributed by atoms with Crippen molar-refractivity contribution >= 4 is 6.03 Å². The summed E-state index contributed by atoms with van der Waals surface area (Å²) >= 11 is 0. The Morgan fingerprint density at radius 2 is 1.71 bits per heavy atom. The van der Waals surface area contributed by atoms with E-state index in [1.807, 2.05) is 38.1 Å². The van der Waals surface area contributed by atoms with Crippen LogP contribution in [0, 0.1) is 0 Å². The Labute approximate surface area is 127 Å². The van der Waals surface area contributed by atoms with Crippen molar-refractivity contribution in [3.05, 3.63) is 29.8 Å². The van der Waals surface area contributed by atoms with Gasteiger partial charge in [-0.2, -0.15) is 0 Å². The molecule has 21 heavy (non-hydrogen) atoms. The van der Waals surface area contributed by atoms with Crippen LogP contribution in [0.2, 0.25) is 0 Å². The Hall–Kier alpha value is -1.75. The smallest absolute Gasteiger partial charge is 0.315 e. The van der Waals surface area contributed by atoms with Crippen LogP contribution in [0.1, 0.15) is 25.8 Å². The van der Waals surface area contributed by atoms with E-state index in [1.165, 1.54) is 5.56 Å². The van der Waals surface area contributed by atoms with Gasteiger partial charge in [0.05, 0.1) is 19.8 Å². The number of amides is 2. The molecule has 2 N–H and O–H groups in total. The lowest BCUT2D eigenvalue weighted by atomic mass is 10.1. The highest BCUT2D eigenvalue weighted by Crippen LogP contribution is 2.13. The van der Waals surface area contributed by atoms with E-state index in [9.17, 15) is 4.79 Å². The van der Waals surface area contributed by atoms with Gasteiger partial charge in [0.2, 0.25) is 0 Å². The van der Waals surface area contributed by atoms with Crippen LogP contribution in [-0.4, -0.2) is 38.9 Å². The number of hydrogen-bond donors (Lipinski definition) is 2. The van der Waals surface area contributed by atoms with Gasteiger partial charge in [-0.25, -0.2) is 4.79 Å². The van der Waals surface area contributed by atoms with Crippen molar-refractivity contribution in [2.45, 2.75) is 38.8 Å². The predicted molar refractivity (Wildman–Crippen MR) is 83.8 cm³/mol. The predicted octanol–water partition coefficient (Wildman–Crippen LogP) is 2.35. The normalized spacial score (nSPS) is 13.3. The lowest BCUT2D eigenvalue weighted by Crippen LogP contribution is -2.45. The Bertz CT molecular complexity index is 420. The Morgan fingerprint density at radius 1 is 1.10 bits per heavy atom. The first-order valence-corrected chi connectivity index (χ1v) is 7.24. The van der Waals surface area contributed by atoms with Gasteiger partial charge in [0, 0.05) is 13.2 Å². The Morgan fingerprint density at radius 3 is 2.29 bits per heavy atom. The van der Waals surface area contributed by atoms with E-state index in [-0.39, 0.29) is 18.1 Å². The second-order valence-electron chi connectivity index (χ2n) is 5.26. The van der Waals surface area contributed by atoms with Crippen LogP contribution >= 0.6 is 0 Å². The lowest BCUT2D eigenvalue weighted by Gasteiger charge is -2.17. The molecule has 5 nitrogen and oxygen atoms in total. The van der Waals surface area contributed by atoms with E-state index in [2.05, 4.69) is 10.6 Å². The number of rotatable bonds is 8. The maximum absolute atomic E-state index is 11.7. The molecule has 0 spiro atoms. The van der Waals surface area contributed by atoms with Gasteiger partial charge < -0.3 is 20.1 Å². The summed E-state index contributed by atoms with van der Waals surface area (Å²) in [5.74, 6) is 0.858. The van der Waals surface area contributed by atoms with Crippen molar-refractivity contribution in [3.63, 3.8) is 0 Å². The van der Waals surface area contributed by atoms with Crippen molar-refractivity contribution in [1.29, 1.82) is 0 Å². The fraction of sp³-hybridized carbons (Fsp3) is 0.562. The molecule has 0 aromatic heterocycles. The number of carbonyl (C=O) groups excluding carboxylic acids is 1. The van der Waals surface area contributed by atoms with Gasteiger partial charge in [-0.1, -0.05) is 12.1 Å². The Balaban J connectivity index is 2.29. The maximum Gasteiger partial charge on any atom is 0.315 e. The number of hydrogen-bond acceptors (Lipinski definition) is 3. The van der Waals surface area contributed by atoms with Gasteiger partial charge in [-0.15, -0.1) is 0 Å². The number of ether oxygens (including phenoxy) is 2. The first kappa shape index (κ1) is 17.3. The van der Waals surface area contributed by atoms with Crippen LogP contribution in [0.3, 0.4) is 0 Å². The molecule has 0 aliphatic rings. The molecule has 2 amide bonds. The molecule has 0 aliphatic heterocycles. The number of benzene rings is 1. The molecular weight excluding hydrogens is 268 g/mol. The highest BCUT2D eigenvalue weighted by Gasteiger charge is 2.10. The summed E-state index contributed by atoms with van der Waals surface area (Å²) in [6.07, 6.45) is 1.80. The number of carbonyl (C=O) groups is 1. The third-order valence-corrected chi connectivity index (χ3v) is 3.20. The summed E-state index contributed by atoms with van der Waals surface area (Å²) < 4.78 is 10.1. The van der Waals surface area contributed by atoms with Crippen LogP contribution in [0.25, 0.3) is 0 Å². The van der Waals surface area contributed by atoms with Crippen molar-refractivity contribution < 1.29 is 14.3 Å². The van der Waals surface area contributed by atoms with Crippen molar-refractivity contribution in [2.24, 2.45) is 0 Å². The molecule has 1 aromatic carbocycles. The maximum atomic E-state index is 11.7. The average Bonchev–Trinajstić information content (AvgIpc) is 2.45. The third-order valence-electron chi connectivity index (χ3n) is 3.20. The fourth-order valence-corrected chi connectivity index (χ4v) is 2.03. The molecule has 0 unspecified atom stereocenters. The fourth-order valence-electron chi connectivity index (χ4n) is 2.03. The van der Waals surface area contributed by atoms with Gasteiger partial charge in [0.25, 0.3) is 0 Å². The van der Waals surface area contributed by atoms with E-state index in [1.54, 1.807) is 14.2 Å². The summed E-state index contributed by atoms with van der Waals surface area (Å²) in [6.45, 7) is 4.42. The average molecular weight is 294 g/mol. The molecule has 0 saturated carbocycles. The minimum Gasteiger partial charge on any atom is -0.497 e. The zero-order valence-corrected chi connectivity index (χ0v) is 13.3. The summed E-state index contributed by atoms with van der Waals surface area (Å²) in [7, 11) is 3.28. The molecule has 0 fully saturated rings. The summed E-state index contributed by atoms with van der Waals surface area (Å²) in [5.41, 5.74) is 1.23. The summed E-state index contributed by atoms with van der Waals surface area (Å²) in [6, 6.07) is 7.96. The van der Waals surface area contributed by atoms with Crippen LogP contribution in [0.5, 0.6) is 5.75 Å². The van der Waals surface area contributed by atoms with E-state index in [0.29, 0.717) is 6.61 Å². The molecule has 1 rings (SSSR count). The molecule has 0 radical (unpaired) electrons. The van der Waals surface area contributed by atoms with Crippen LogP contribution in [0.15, 0.2) is 24.3 Å².